The van der Waals surface area contributed by atoms with Gasteiger partial charge in [-0.25, -0.2) is 0 Å². The molecule has 4 heteroatoms. The number of halogens is 1. The SMILES string of the molecule is CCC(CO)N1C(=O)[C@@](C)(CC)CCC1c1ccc(Cl)cc1. The van der Waals surface area contributed by atoms with Crippen molar-refractivity contribution in [1.29, 1.82) is 0 Å². The number of carbonyl (C=O) groups excluding carboxylic acids is 1. The number of hydrogen-bond donors (Lipinski definition) is 1. The van der Waals surface area contributed by atoms with Gasteiger partial charge in [0.1, 0.15) is 0 Å². The minimum atomic E-state index is -0.314. The number of likely N-dealkylation sites (tertiary alicyclic amines) is 1. The highest BCUT2D eigenvalue weighted by Crippen LogP contribution is 2.43. The van der Waals surface area contributed by atoms with Gasteiger partial charge in [-0.1, -0.05) is 44.5 Å². The molecule has 1 N–H and O–H groups in total. The van der Waals surface area contributed by atoms with E-state index in [1.807, 2.05) is 43.0 Å². The third-order valence-electron chi connectivity index (χ3n) is 5.17. The van der Waals surface area contributed by atoms with E-state index in [0.29, 0.717) is 5.02 Å². The lowest BCUT2D eigenvalue weighted by atomic mass is 9.74. The Morgan fingerprint density at radius 3 is 2.50 bits per heavy atom. The summed E-state index contributed by atoms with van der Waals surface area (Å²) >= 11 is 5.98. The molecule has 1 aromatic carbocycles. The summed E-state index contributed by atoms with van der Waals surface area (Å²) in [7, 11) is 0. The Morgan fingerprint density at radius 2 is 2.00 bits per heavy atom. The molecule has 3 nitrogen and oxygen atoms in total. The van der Waals surface area contributed by atoms with Crippen LogP contribution in [0.4, 0.5) is 0 Å². The summed E-state index contributed by atoms with van der Waals surface area (Å²) in [6, 6.07) is 7.62. The van der Waals surface area contributed by atoms with Crippen LogP contribution in [-0.4, -0.2) is 28.6 Å². The first kappa shape index (κ1) is 17.3. The minimum Gasteiger partial charge on any atom is -0.394 e. The molecule has 0 saturated carbocycles. The molecule has 1 heterocycles. The molecular weight excluding hydrogens is 298 g/mol. The zero-order valence-corrected chi connectivity index (χ0v) is 14.4. The van der Waals surface area contributed by atoms with Gasteiger partial charge >= 0.3 is 0 Å². The number of hydrogen-bond acceptors (Lipinski definition) is 2. The topological polar surface area (TPSA) is 40.5 Å². The van der Waals surface area contributed by atoms with Crippen LogP contribution in [0.2, 0.25) is 5.02 Å². The van der Waals surface area contributed by atoms with Gasteiger partial charge < -0.3 is 10.0 Å². The maximum atomic E-state index is 13.1. The van der Waals surface area contributed by atoms with Crippen LogP contribution in [0, 0.1) is 5.41 Å². The van der Waals surface area contributed by atoms with Crippen molar-refractivity contribution in [1.82, 2.24) is 4.90 Å². The standard InChI is InChI=1S/C18H26ClNO2/c1-4-15(12-21)20-16(13-6-8-14(19)9-7-13)10-11-18(3,5-2)17(20)22/h6-9,15-16,21H,4-5,10-12H2,1-3H3/t15?,16?,18-/m0/s1. The number of piperidine rings is 1. The summed E-state index contributed by atoms with van der Waals surface area (Å²) in [6.07, 6.45) is 3.39. The third-order valence-corrected chi connectivity index (χ3v) is 5.42. The second-order valence-corrected chi connectivity index (χ2v) is 6.91. The second kappa shape index (κ2) is 7.01. The Balaban J connectivity index is 2.39. The molecule has 3 atom stereocenters. The summed E-state index contributed by atoms with van der Waals surface area (Å²) in [5.41, 5.74) is 0.786. The van der Waals surface area contributed by atoms with Gasteiger partial charge in [0.25, 0.3) is 0 Å². The molecule has 0 bridgehead atoms. The summed E-state index contributed by atoms with van der Waals surface area (Å²) in [5.74, 6) is 0.169. The number of carbonyl (C=O) groups is 1. The molecule has 0 aromatic heterocycles. The molecule has 0 spiro atoms. The molecule has 122 valence electrons. The van der Waals surface area contributed by atoms with Gasteiger partial charge in [0.2, 0.25) is 5.91 Å². The number of benzene rings is 1. The number of rotatable bonds is 5. The Bertz CT molecular complexity index is 512. The second-order valence-electron chi connectivity index (χ2n) is 6.48. The maximum absolute atomic E-state index is 13.1. The Kier molecular flexibility index (Phi) is 5.51. The van der Waals surface area contributed by atoms with Crippen molar-refractivity contribution >= 4 is 17.5 Å². The largest absolute Gasteiger partial charge is 0.394 e. The third kappa shape index (κ3) is 3.16. The first-order valence-electron chi connectivity index (χ1n) is 8.16. The van der Waals surface area contributed by atoms with Crippen LogP contribution in [0.3, 0.4) is 0 Å². The average Bonchev–Trinajstić information content (AvgIpc) is 2.53. The lowest BCUT2D eigenvalue weighted by molar-refractivity contribution is -0.154. The van der Waals surface area contributed by atoms with Crippen LogP contribution in [0.25, 0.3) is 0 Å². The molecule has 2 rings (SSSR count). The molecule has 1 aliphatic rings. The fourth-order valence-corrected chi connectivity index (χ4v) is 3.45. The van der Waals surface area contributed by atoms with Crippen LogP contribution in [0.1, 0.15) is 58.1 Å². The number of aliphatic hydroxyl groups is 1. The molecule has 1 aromatic rings. The Labute approximate surface area is 138 Å². The molecule has 2 unspecified atom stereocenters. The fraction of sp³-hybridized carbons (Fsp3) is 0.611. The summed E-state index contributed by atoms with van der Waals surface area (Å²) < 4.78 is 0. The van der Waals surface area contributed by atoms with Gasteiger partial charge in [-0.2, -0.15) is 0 Å². The van der Waals surface area contributed by atoms with Crippen molar-refractivity contribution in [3.63, 3.8) is 0 Å². The van der Waals surface area contributed by atoms with E-state index in [1.54, 1.807) is 0 Å². The Morgan fingerprint density at radius 1 is 1.36 bits per heavy atom. The molecule has 1 amide bonds. The molecule has 1 saturated heterocycles. The molecule has 0 aliphatic carbocycles. The first-order valence-corrected chi connectivity index (χ1v) is 8.53. The average molecular weight is 324 g/mol. The van der Waals surface area contributed by atoms with Crippen molar-refractivity contribution in [2.45, 2.75) is 58.5 Å². The van der Waals surface area contributed by atoms with Crippen LogP contribution < -0.4 is 0 Å². The molecular formula is C18H26ClNO2. The molecule has 0 radical (unpaired) electrons. The highest BCUT2D eigenvalue weighted by molar-refractivity contribution is 6.30. The highest BCUT2D eigenvalue weighted by atomic mass is 35.5. The Hall–Kier alpha value is -1.06. The van der Waals surface area contributed by atoms with Crippen LogP contribution in [0.15, 0.2) is 24.3 Å². The van der Waals surface area contributed by atoms with Gasteiger partial charge in [0.05, 0.1) is 18.7 Å². The number of aliphatic hydroxyl groups excluding tert-OH is 1. The van der Waals surface area contributed by atoms with E-state index in [2.05, 4.69) is 6.92 Å². The zero-order chi connectivity index (χ0) is 16.3. The van der Waals surface area contributed by atoms with Crippen molar-refractivity contribution in [2.75, 3.05) is 6.61 Å². The van der Waals surface area contributed by atoms with Crippen molar-refractivity contribution in [3.8, 4) is 0 Å². The highest BCUT2D eigenvalue weighted by Gasteiger charge is 2.45. The van der Waals surface area contributed by atoms with Gasteiger partial charge in [0.15, 0.2) is 0 Å². The predicted molar refractivity (Wildman–Crippen MR) is 89.8 cm³/mol. The molecule has 22 heavy (non-hydrogen) atoms. The monoisotopic (exact) mass is 323 g/mol. The van der Waals surface area contributed by atoms with Crippen molar-refractivity contribution in [3.05, 3.63) is 34.9 Å². The smallest absolute Gasteiger partial charge is 0.229 e. The van der Waals surface area contributed by atoms with Gasteiger partial charge in [0, 0.05) is 10.4 Å². The number of amides is 1. The molecule has 1 fully saturated rings. The zero-order valence-electron chi connectivity index (χ0n) is 13.7. The number of nitrogens with zero attached hydrogens (tertiary/aromatic N) is 1. The van der Waals surface area contributed by atoms with E-state index in [9.17, 15) is 9.90 Å². The fourth-order valence-electron chi connectivity index (χ4n) is 3.33. The van der Waals surface area contributed by atoms with E-state index >= 15 is 0 Å². The van der Waals surface area contributed by atoms with Gasteiger partial charge in [-0.15, -0.1) is 0 Å². The molecule has 1 aliphatic heterocycles. The summed E-state index contributed by atoms with van der Waals surface area (Å²) in [4.78, 5) is 15.0. The van der Waals surface area contributed by atoms with E-state index in [4.69, 9.17) is 11.6 Å². The van der Waals surface area contributed by atoms with Crippen LogP contribution in [-0.2, 0) is 4.79 Å². The lowest BCUT2D eigenvalue weighted by Gasteiger charge is -2.47. The van der Waals surface area contributed by atoms with E-state index < -0.39 is 0 Å². The quantitative estimate of drug-likeness (QED) is 0.882. The van der Waals surface area contributed by atoms with E-state index in [-0.39, 0.29) is 30.0 Å². The minimum absolute atomic E-state index is 0.00608. The van der Waals surface area contributed by atoms with Crippen molar-refractivity contribution in [2.24, 2.45) is 5.41 Å². The normalized spacial score (nSPS) is 27.0. The maximum Gasteiger partial charge on any atom is 0.229 e. The summed E-state index contributed by atoms with van der Waals surface area (Å²) in [5, 5.41) is 10.4. The predicted octanol–water partition coefficient (Wildman–Crippen LogP) is 4.19. The van der Waals surface area contributed by atoms with Crippen molar-refractivity contribution < 1.29 is 9.90 Å². The van der Waals surface area contributed by atoms with Crippen LogP contribution in [0.5, 0.6) is 0 Å². The lowest BCUT2D eigenvalue weighted by Crippen LogP contribution is -2.53. The van der Waals surface area contributed by atoms with Gasteiger partial charge in [-0.3, -0.25) is 4.79 Å². The first-order chi connectivity index (χ1) is 10.5. The van der Waals surface area contributed by atoms with Gasteiger partial charge in [-0.05, 0) is 43.4 Å². The van der Waals surface area contributed by atoms with Crippen LogP contribution >= 0.6 is 11.6 Å². The van der Waals surface area contributed by atoms with E-state index in [0.717, 1.165) is 31.2 Å². The van der Waals surface area contributed by atoms with E-state index in [1.165, 1.54) is 0 Å². The summed E-state index contributed by atoms with van der Waals surface area (Å²) in [6.45, 7) is 6.14.